The monoisotopic (exact) mass is 380 g/mol. The van der Waals surface area contributed by atoms with Crippen LogP contribution in [0, 0.1) is 0 Å². The summed E-state index contributed by atoms with van der Waals surface area (Å²) in [5.74, 6) is 0. The molecule has 0 saturated heterocycles. The molecule has 0 atom stereocenters. The number of halogens is 6. The van der Waals surface area contributed by atoms with E-state index in [0.29, 0.717) is 0 Å². The summed E-state index contributed by atoms with van der Waals surface area (Å²) >= 11 is 0. The lowest BCUT2D eigenvalue weighted by molar-refractivity contribution is -0.929. The van der Waals surface area contributed by atoms with Gasteiger partial charge in [0.05, 0.1) is 26.2 Å². The molecule has 0 spiro atoms. The van der Waals surface area contributed by atoms with Crippen LogP contribution in [0.1, 0.15) is 79.1 Å². The van der Waals surface area contributed by atoms with Gasteiger partial charge < -0.3 is 4.48 Å². The molecular weight excluding hydrogens is 344 g/mol. The van der Waals surface area contributed by atoms with Gasteiger partial charge in [0.15, 0.2) is 0 Å². The van der Waals surface area contributed by atoms with Gasteiger partial charge in [-0.05, 0) is 25.7 Å². The highest BCUT2D eigenvalue weighted by Gasteiger charge is 2.58. The van der Waals surface area contributed by atoms with E-state index in [4.69, 9.17) is 0 Å². The Kier molecular flexibility index (Phi) is 14.7. The first-order valence-corrected chi connectivity index (χ1v) is 9.48. The maximum atomic E-state index is 10.4. The summed E-state index contributed by atoms with van der Waals surface area (Å²) in [4.78, 5) is 0. The Labute approximate surface area is 149 Å². The Morgan fingerprint density at radius 1 is 0.480 bits per heavy atom. The van der Waals surface area contributed by atoms with Gasteiger partial charge >= 0.3 is 12.4 Å². The van der Waals surface area contributed by atoms with E-state index in [0.717, 1.165) is 0 Å². The van der Waals surface area contributed by atoms with E-state index in [1.54, 1.807) is 0 Å². The zero-order chi connectivity index (χ0) is 20.0. The summed E-state index contributed by atoms with van der Waals surface area (Å²) in [6.07, 6.45) is -1.06. The van der Waals surface area contributed by atoms with E-state index in [1.807, 2.05) is 0 Å². The van der Waals surface area contributed by atoms with Gasteiger partial charge in [-0.25, -0.2) is 0 Å². The van der Waals surface area contributed by atoms with Crippen molar-refractivity contribution in [2.75, 3.05) is 26.2 Å². The van der Waals surface area contributed by atoms with Crippen molar-refractivity contribution in [3.63, 3.8) is 0 Å². The Morgan fingerprint density at radius 3 is 0.800 bits per heavy atom. The summed E-state index contributed by atoms with van der Waals surface area (Å²) in [7, 11) is 0. The van der Waals surface area contributed by atoms with Crippen molar-refractivity contribution in [3.8, 4) is 0 Å². The molecule has 0 fully saturated rings. The second-order valence-electron chi connectivity index (χ2n) is 6.65. The highest BCUT2D eigenvalue weighted by Crippen LogP contribution is 2.35. The topological polar surface area (TPSA) is 0 Å². The third-order valence-corrected chi connectivity index (χ3v) is 4.27. The van der Waals surface area contributed by atoms with Crippen LogP contribution >= 0.6 is 0 Å². The summed E-state index contributed by atoms with van der Waals surface area (Å²) in [5.41, 5.74) is 0. The van der Waals surface area contributed by atoms with E-state index in [-0.39, 0.29) is 0 Å². The first-order valence-electron chi connectivity index (χ1n) is 9.48. The van der Waals surface area contributed by atoms with Crippen LogP contribution in [-0.4, -0.2) is 43.0 Å². The third-order valence-electron chi connectivity index (χ3n) is 4.27. The van der Waals surface area contributed by atoms with Gasteiger partial charge in [-0.2, -0.15) is 26.3 Å². The lowest BCUT2D eigenvalue weighted by atomic mass is 10.1. The third kappa shape index (κ3) is 13.4. The first-order chi connectivity index (χ1) is 11.5. The number of nitrogens with zero attached hydrogens (tertiary/aromatic N) is 1. The molecule has 0 saturated carbocycles. The van der Waals surface area contributed by atoms with E-state index in [2.05, 4.69) is 27.7 Å². The standard InChI is InChI=1S/C16H36N.C2F6/c1-5-9-13-17(14-10-6-2,15-11-7-3)16-12-8-4;3-1(4,5)2(6,7)8/h5-16H2,1-4H3;/q+1;. The fourth-order valence-corrected chi connectivity index (χ4v) is 2.64. The summed E-state index contributed by atoms with van der Waals surface area (Å²) < 4.78 is 64.0. The van der Waals surface area contributed by atoms with Gasteiger partial charge in [-0.3, -0.25) is 0 Å². The predicted octanol–water partition coefficient (Wildman–Crippen LogP) is 7.11. The zero-order valence-electron chi connectivity index (χ0n) is 16.2. The fraction of sp³-hybridized carbons (Fsp3) is 1.00. The molecule has 0 aromatic heterocycles. The Hall–Kier alpha value is -0.460. The van der Waals surface area contributed by atoms with Crippen LogP contribution < -0.4 is 0 Å². The lowest BCUT2D eigenvalue weighted by Crippen LogP contribution is -2.50. The minimum absolute atomic E-state index is 1.35. The van der Waals surface area contributed by atoms with Gasteiger partial charge in [-0.15, -0.1) is 0 Å². The summed E-state index contributed by atoms with van der Waals surface area (Å²) in [6, 6.07) is 0. The quantitative estimate of drug-likeness (QED) is 0.250. The minimum Gasteiger partial charge on any atom is -0.324 e. The predicted molar refractivity (Wildman–Crippen MR) is 91.5 cm³/mol. The average Bonchev–Trinajstić information content (AvgIpc) is 2.52. The van der Waals surface area contributed by atoms with Gasteiger partial charge in [0.1, 0.15) is 0 Å². The van der Waals surface area contributed by atoms with Crippen molar-refractivity contribution in [1.29, 1.82) is 0 Å². The van der Waals surface area contributed by atoms with Crippen molar-refractivity contribution in [1.82, 2.24) is 0 Å². The number of hydrogen-bond donors (Lipinski definition) is 0. The van der Waals surface area contributed by atoms with Crippen LogP contribution in [-0.2, 0) is 0 Å². The summed E-state index contributed by atoms with van der Waals surface area (Å²) in [6.45, 7) is 15.0. The number of unbranched alkanes of at least 4 members (excludes halogenated alkanes) is 4. The van der Waals surface area contributed by atoms with Crippen LogP contribution in [0.15, 0.2) is 0 Å². The molecule has 0 bridgehead atoms. The molecule has 0 unspecified atom stereocenters. The van der Waals surface area contributed by atoms with Crippen molar-refractivity contribution in [2.24, 2.45) is 0 Å². The zero-order valence-corrected chi connectivity index (χ0v) is 16.2. The maximum absolute atomic E-state index is 10.4. The SMILES string of the molecule is CCCC[N+](CCCC)(CCCC)CCCC.FC(F)(F)C(F)(F)F. The van der Waals surface area contributed by atoms with Crippen molar-refractivity contribution < 1.29 is 30.8 Å². The maximum Gasteiger partial charge on any atom is 0.487 e. The second kappa shape index (κ2) is 13.7. The number of hydrogen-bond acceptors (Lipinski definition) is 0. The van der Waals surface area contributed by atoms with E-state index in [1.165, 1.54) is 82.0 Å². The van der Waals surface area contributed by atoms with E-state index in [9.17, 15) is 26.3 Å². The Bertz CT molecular complexity index is 249. The summed E-state index contributed by atoms with van der Waals surface area (Å²) in [5, 5.41) is 0. The molecule has 0 aliphatic heterocycles. The molecule has 0 rings (SSSR count). The average molecular weight is 380 g/mol. The molecular formula is C18H36F6N+. The van der Waals surface area contributed by atoms with Crippen LogP contribution in [0.25, 0.3) is 0 Å². The van der Waals surface area contributed by atoms with Gasteiger partial charge in [0, 0.05) is 0 Å². The molecule has 0 aliphatic carbocycles. The van der Waals surface area contributed by atoms with E-state index >= 15 is 0 Å². The molecule has 0 aromatic carbocycles. The molecule has 0 radical (unpaired) electrons. The highest BCUT2D eigenvalue weighted by molar-refractivity contribution is 4.60. The Balaban J connectivity index is 0. The number of quaternary nitrogens is 1. The van der Waals surface area contributed by atoms with Crippen LogP contribution in [0.3, 0.4) is 0 Å². The molecule has 7 heteroatoms. The van der Waals surface area contributed by atoms with Crippen LogP contribution in [0.4, 0.5) is 26.3 Å². The number of alkyl halides is 6. The molecule has 1 nitrogen and oxygen atoms in total. The highest BCUT2D eigenvalue weighted by atomic mass is 19.5. The molecule has 25 heavy (non-hydrogen) atoms. The van der Waals surface area contributed by atoms with Crippen molar-refractivity contribution >= 4 is 0 Å². The van der Waals surface area contributed by atoms with Crippen molar-refractivity contribution in [3.05, 3.63) is 0 Å². The molecule has 0 N–H and O–H groups in total. The normalized spacial score (nSPS) is 12.7. The van der Waals surface area contributed by atoms with Gasteiger partial charge in [0.25, 0.3) is 0 Å². The smallest absolute Gasteiger partial charge is 0.324 e. The second-order valence-corrected chi connectivity index (χ2v) is 6.65. The number of rotatable bonds is 12. The van der Waals surface area contributed by atoms with E-state index < -0.39 is 12.4 Å². The van der Waals surface area contributed by atoms with Gasteiger partial charge in [0.2, 0.25) is 0 Å². The molecule has 0 amide bonds. The largest absolute Gasteiger partial charge is 0.487 e. The molecule has 0 aliphatic rings. The minimum atomic E-state index is -6.06. The van der Waals surface area contributed by atoms with Crippen LogP contribution in [0.2, 0.25) is 0 Å². The molecule has 0 heterocycles. The van der Waals surface area contributed by atoms with Crippen molar-refractivity contribution in [2.45, 2.75) is 91.4 Å². The molecule has 0 aromatic rings. The first kappa shape index (κ1) is 26.8. The van der Waals surface area contributed by atoms with Crippen LogP contribution in [0.5, 0.6) is 0 Å². The molecule has 154 valence electrons. The van der Waals surface area contributed by atoms with Gasteiger partial charge in [-0.1, -0.05) is 53.4 Å². The Morgan fingerprint density at radius 2 is 0.680 bits per heavy atom. The lowest BCUT2D eigenvalue weighted by Gasteiger charge is -2.39. The fourth-order valence-electron chi connectivity index (χ4n) is 2.64.